The topological polar surface area (TPSA) is 155 Å². The minimum absolute atomic E-state index is 0.0522. The molecule has 13 heteroatoms. The maximum Gasteiger partial charge on any atom is 0.415 e. The molecule has 4 N–H and O–H groups in total. The molecule has 0 aliphatic carbocycles. The Morgan fingerprint density at radius 3 is 2.46 bits per heavy atom. The molecular formula is C22H25FN8O4. The van der Waals surface area contributed by atoms with Crippen LogP contribution in [0.2, 0.25) is 0 Å². The molecule has 1 aliphatic rings. The van der Waals surface area contributed by atoms with E-state index in [9.17, 15) is 14.0 Å². The lowest BCUT2D eigenvalue weighted by molar-refractivity contribution is 0.177. The number of methoxy groups -OCH3 is 2. The van der Waals surface area contributed by atoms with E-state index >= 15 is 0 Å². The van der Waals surface area contributed by atoms with Gasteiger partial charge in [0.2, 0.25) is 0 Å². The van der Waals surface area contributed by atoms with Crippen LogP contribution in [0.15, 0.2) is 24.3 Å². The van der Waals surface area contributed by atoms with E-state index in [0.717, 1.165) is 4.90 Å². The summed E-state index contributed by atoms with van der Waals surface area (Å²) < 4.78 is 25.6. The zero-order chi connectivity index (χ0) is 25.3. The number of ether oxygens (including phenoxy) is 2. The van der Waals surface area contributed by atoms with Crippen LogP contribution in [-0.2, 0) is 22.4 Å². The first kappa shape index (κ1) is 23.7. The minimum atomic E-state index is -0.694. The summed E-state index contributed by atoms with van der Waals surface area (Å²) in [4.78, 5) is 35.7. The molecule has 12 nitrogen and oxygen atoms in total. The number of nitrogen functional groups attached to an aromatic ring is 2. The number of amides is 2. The zero-order valence-corrected chi connectivity index (χ0v) is 19.5. The van der Waals surface area contributed by atoms with Crippen LogP contribution in [0.4, 0.5) is 37.1 Å². The van der Waals surface area contributed by atoms with Gasteiger partial charge in [-0.05, 0) is 18.9 Å². The highest BCUT2D eigenvalue weighted by molar-refractivity contribution is 5.95. The standard InChI is InChI=1S/C22H25FN8O4/c1-29(21(32)34-2)16-17(24)26-19(27-18(16)25)15-13-8-6-10-30(22(33)35-3)20(13)31(28-15)11-12-7-4-5-9-14(12)23/h4-5,7,9H,6,8,10-11H2,1-3H3,(H4,24,25,26,27). The van der Waals surface area contributed by atoms with Gasteiger partial charge in [-0.15, -0.1) is 0 Å². The van der Waals surface area contributed by atoms with E-state index < -0.39 is 18.0 Å². The number of fused-ring (bicyclic) bond motifs is 1. The highest BCUT2D eigenvalue weighted by atomic mass is 19.1. The van der Waals surface area contributed by atoms with Gasteiger partial charge in [0.1, 0.15) is 23.0 Å². The van der Waals surface area contributed by atoms with Crippen molar-refractivity contribution in [3.8, 4) is 11.5 Å². The maximum absolute atomic E-state index is 14.4. The Bertz CT molecular complexity index is 1270. The largest absolute Gasteiger partial charge is 0.452 e. The summed E-state index contributed by atoms with van der Waals surface area (Å²) in [6.45, 7) is 0.451. The number of hydrogen-bond acceptors (Lipinski definition) is 9. The number of aromatic nitrogens is 4. The normalized spacial score (nSPS) is 12.7. The van der Waals surface area contributed by atoms with Crippen LogP contribution in [0, 0.1) is 5.82 Å². The maximum atomic E-state index is 14.4. The summed E-state index contributed by atoms with van der Waals surface area (Å²) in [6, 6.07) is 6.30. The Balaban J connectivity index is 1.86. The third kappa shape index (κ3) is 4.27. The van der Waals surface area contributed by atoms with Gasteiger partial charge < -0.3 is 20.9 Å². The Hall–Kier alpha value is -4.42. The molecule has 35 heavy (non-hydrogen) atoms. The number of halogens is 1. The Labute approximate surface area is 200 Å². The summed E-state index contributed by atoms with van der Waals surface area (Å²) in [5.41, 5.74) is 13.7. The van der Waals surface area contributed by atoms with E-state index in [1.165, 1.54) is 36.9 Å². The molecule has 0 radical (unpaired) electrons. The van der Waals surface area contributed by atoms with Crippen molar-refractivity contribution in [3.63, 3.8) is 0 Å². The lowest BCUT2D eigenvalue weighted by Gasteiger charge is -2.27. The van der Waals surface area contributed by atoms with Gasteiger partial charge in [-0.3, -0.25) is 9.80 Å². The van der Waals surface area contributed by atoms with E-state index in [1.807, 2.05) is 0 Å². The Morgan fingerprint density at radius 2 is 1.83 bits per heavy atom. The van der Waals surface area contributed by atoms with Crippen molar-refractivity contribution in [2.75, 3.05) is 49.1 Å². The second-order valence-electron chi connectivity index (χ2n) is 7.82. The number of rotatable bonds is 4. The SMILES string of the molecule is COC(=O)N(C)c1c(N)nc(-c2nn(Cc3ccccc3F)c3c2CCCN3C(=O)OC)nc1N. The predicted molar refractivity (Wildman–Crippen MR) is 126 cm³/mol. The summed E-state index contributed by atoms with van der Waals surface area (Å²) >= 11 is 0. The van der Waals surface area contributed by atoms with Crippen molar-refractivity contribution >= 4 is 35.3 Å². The second-order valence-corrected chi connectivity index (χ2v) is 7.82. The van der Waals surface area contributed by atoms with Gasteiger partial charge in [0, 0.05) is 24.7 Å². The molecule has 0 atom stereocenters. The monoisotopic (exact) mass is 484 g/mol. The highest BCUT2D eigenvalue weighted by Crippen LogP contribution is 2.37. The first-order valence-electron chi connectivity index (χ1n) is 10.7. The van der Waals surface area contributed by atoms with Crippen LogP contribution < -0.4 is 21.3 Å². The molecule has 4 rings (SSSR count). The van der Waals surface area contributed by atoms with Crippen LogP contribution in [0.1, 0.15) is 17.5 Å². The number of hydrogen-bond donors (Lipinski definition) is 2. The van der Waals surface area contributed by atoms with Gasteiger partial charge in [0.25, 0.3) is 0 Å². The molecule has 0 spiro atoms. The minimum Gasteiger partial charge on any atom is -0.452 e. The Kier molecular flexibility index (Phi) is 6.40. The number of nitrogens with two attached hydrogens (primary N) is 2. The number of carbonyl (C=O) groups excluding carboxylic acids is 2. The first-order chi connectivity index (χ1) is 16.8. The molecule has 0 saturated heterocycles. The molecule has 1 aromatic carbocycles. The van der Waals surface area contributed by atoms with Crippen molar-refractivity contribution < 1.29 is 23.5 Å². The van der Waals surface area contributed by atoms with E-state index in [4.69, 9.17) is 20.9 Å². The smallest absolute Gasteiger partial charge is 0.415 e. The summed E-state index contributed by atoms with van der Waals surface area (Å²) in [7, 11) is 3.94. The third-order valence-electron chi connectivity index (χ3n) is 5.69. The van der Waals surface area contributed by atoms with Crippen molar-refractivity contribution in [2.45, 2.75) is 19.4 Å². The molecule has 0 fully saturated rings. The van der Waals surface area contributed by atoms with Crippen LogP contribution in [0.5, 0.6) is 0 Å². The zero-order valence-electron chi connectivity index (χ0n) is 19.5. The molecule has 1 aliphatic heterocycles. The molecule has 2 aromatic heterocycles. The van der Waals surface area contributed by atoms with Gasteiger partial charge in [0.15, 0.2) is 17.5 Å². The number of nitrogens with zero attached hydrogens (tertiary/aromatic N) is 6. The fourth-order valence-electron chi connectivity index (χ4n) is 4.08. The lowest BCUT2D eigenvalue weighted by Crippen LogP contribution is -2.37. The summed E-state index contributed by atoms with van der Waals surface area (Å²) in [6.07, 6.45) is -0.0704. The van der Waals surface area contributed by atoms with Gasteiger partial charge >= 0.3 is 12.2 Å². The molecule has 3 heterocycles. The van der Waals surface area contributed by atoms with Crippen molar-refractivity contribution in [1.82, 2.24) is 19.7 Å². The van der Waals surface area contributed by atoms with E-state index in [1.54, 1.807) is 18.2 Å². The molecule has 2 amide bonds. The van der Waals surface area contributed by atoms with E-state index in [0.29, 0.717) is 42.0 Å². The van der Waals surface area contributed by atoms with Gasteiger partial charge in [-0.25, -0.2) is 28.6 Å². The predicted octanol–water partition coefficient (Wildman–Crippen LogP) is 2.41. The quantitative estimate of drug-likeness (QED) is 0.568. The lowest BCUT2D eigenvalue weighted by atomic mass is 10.0. The average molecular weight is 484 g/mol. The molecule has 3 aromatic rings. The van der Waals surface area contributed by atoms with Gasteiger partial charge in [-0.2, -0.15) is 5.10 Å². The van der Waals surface area contributed by atoms with Gasteiger partial charge in [-0.1, -0.05) is 18.2 Å². The average Bonchev–Trinajstić information content (AvgIpc) is 3.22. The molecule has 0 saturated carbocycles. The molecule has 0 unspecified atom stereocenters. The van der Waals surface area contributed by atoms with Crippen molar-refractivity contribution in [1.29, 1.82) is 0 Å². The van der Waals surface area contributed by atoms with Crippen LogP contribution in [0.25, 0.3) is 11.5 Å². The van der Waals surface area contributed by atoms with Gasteiger partial charge in [0.05, 0.1) is 20.8 Å². The van der Waals surface area contributed by atoms with Crippen LogP contribution in [0.3, 0.4) is 0 Å². The van der Waals surface area contributed by atoms with Crippen LogP contribution in [-0.4, -0.2) is 59.7 Å². The molecule has 184 valence electrons. The van der Waals surface area contributed by atoms with Crippen LogP contribution >= 0.6 is 0 Å². The molecular weight excluding hydrogens is 459 g/mol. The highest BCUT2D eigenvalue weighted by Gasteiger charge is 2.33. The van der Waals surface area contributed by atoms with Crippen molar-refractivity contribution in [2.24, 2.45) is 0 Å². The van der Waals surface area contributed by atoms with E-state index in [2.05, 4.69) is 15.1 Å². The van der Waals surface area contributed by atoms with E-state index in [-0.39, 0.29) is 29.7 Å². The summed E-state index contributed by atoms with van der Waals surface area (Å²) in [5, 5.41) is 4.63. The number of anilines is 4. The number of carbonyl (C=O) groups is 2. The van der Waals surface area contributed by atoms with Crippen molar-refractivity contribution in [3.05, 3.63) is 41.2 Å². The molecule has 0 bridgehead atoms. The first-order valence-corrected chi connectivity index (χ1v) is 10.7. The third-order valence-corrected chi connectivity index (χ3v) is 5.69. The summed E-state index contributed by atoms with van der Waals surface area (Å²) in [5.74, 6) is 0.0469. The fourth-order valence-corrected chi connectivity index (χ4v) is 4.08. The fraction of sp³-hybridized carbons (Fsp3) is 0.318. The Morgan fingerprint density at radius 1 is 1.14 bits per heavy atom. The second kappa shape index (κ2) is 9.44. The number of benzene rings is 1.